The predicted octanol–water partition coefficient (Wildman–Crippen LogP) is 2.00. The zero-order valence-electron chi connectivity index (χ0n) is 6.79. The number of halogens is 1. The van der Waals surface area contributed by atoms with Gasteiger partial charge in [0.1, 0.15) is 0 Å². The average Bonchev–Trinajstić information content (AvgIpc) is 2.07. The quantitative estimate of drug-likeness (QED) is 0.837. The Morgan fingerprint density at radius 2 is 2.42 bits per heavy atom. The number of nitrogens with zero attached hydrogens (tertiary/aromatic N) is 1. The fraction of sp³-hybridized carbons (Fsp3) is 0.222. The van der Waals surface area contributed by atoms with Crippen molar-refractivity contribution in [3.8, 4) is 0 Å². The smallest absolute Gasteiger partial charge is 0.0615 e. The summed E-state index contributed by atoms with van der Waals surface area (Å²) in [6.07, 6.45) is 5.35. The summed E-state index contributed by atoms with van der Waals surface area (Å²) in [5, 5.41) is 8.54. The van der Waals surface area contributed by atoms with E-state index in [-0.39, 0.29) is 6.61 Å². The lowest BCUT2D eigenvalue weighted by Gasteiger charge is -1.97. The van der Waals surface area contributed by atoms with Crippen molar-refractivity contribution < 1.29 is 5.11 Å². The fourth-order valence-corrected chi connectivity index (χ4v) is 1.30. The maximum absolute atomic E-state index is 8.54. The molecule has 0 fully saturated rings. The summed E-state index contributed by atoms with van der Waals surface area (Å²) < 4.78 is 1.15. The van der Waals surface area contributed by atoms with Gasteiger partial charge in [-0.15, -0.1) is 0 Å². The van der Waals surface area contributed by atoms with Crippen LogP contribution in [0.3, 0.4) is 0 Å². The van der Waals surface area contributed by atoms with E-state index in [4.69, 9.17) is 5.11 Å². The molecular formula is C9H10INO. The molecule has 1 heterocycles. The second-order valence-electron chi connectivity index (χ2n) is 2.42. The third-order valence-corrected chi connectivity index (χ3v) is 2.55. The highest BCUT2D eigenvalue weighted by Crippen LogP contribution is 2.11. The second-order valence-corrected chi connectivity index (χ2v) is 3.58. The van der Waals surface area contributed by atoms with Gasteiger partial charge in [-0.1, -0.05) is 12.2 Å². The Labute approximate surface area is 85.5 Å². The summed E-state index contributed by atoms with van der Waals surface area (Å²) in [5.74, 6) is 0. The van der Waals surface area contributed by atoms with E-state index in [2.05, 4.69) is 27.6 Å². The highest BCUT2D eigenvalue weighted by molar-refractivity contribution is 14.1. The van der Waals surface area contributed by atoms with Crippen molar-refractivity contribution in [2.75, 3.05) is 6.61 Å². The van der Waals surface area contributed by atoms with Crippen molar-refractivity contribution in [1.82, 2.24) is 4.98 Å². The topological polar surface area (TPSA) is 33.1 Å². The van der Waals surface area contributed by atoms with Crippen LogP contribution in [0.15, 0.2) is 18.3 Å². The van der Waals surface area contributed by atoms with Crippen molar-refractivity contribution in [2.45, 2.75) is 6.92 Å². The van der Waals surface area contributed by atoms with Crippen LogP contribution in [-0.4, -0.2) is 16.7 Å². The number of pyridine rings is 1. The molecule has 1 N–H and O–H groups in total. The van der Waals surface area contributed by atoms with Gasteiger partial charge in [-0.3, -0.25) is 4.98 Å². The van der Waals surface area contributed by atoms with Crippen LogP contribution < -0.4 is 0 Å². The second kappa shape index (κ2) is 4.57. The van der Waals surface area contributed by atoms with Crippen LogP contribution in [0.25, 0.3) is 6.08 Å². The predicted molar refractivity (Wildman–Crippen MR) is 57.8 cm³/mol. The molecule has 1 aromatic rings. The Kier molecular flexibility index (Phi) is 3.68. The molecule has 0 saturated carbocycles. The van der Waals surface area contributed by atoms with Gasteiger partial charge < -0.3 is 5.11 Å². The molecule has 0 unspecified atom stereocenters. The standard InChI is InChI=1S/C9H10INO/c1-7-9(10)5-8(6-11-7)3-2-4-12/h2-3,5-6,12H,4H2,1H3. The lowest BCUT2D eigenvalue weighted by atomic mass is 10.2. The molecule has 0 atom stereocenters. The van der Waals surface area contributed by atoms with Crippen LogP contribution in [0.1, 0.15) is 11.3 Å². The number of aromatic nitrogens is 1. The summed E-state index contributed by atoms with van der Waals surface area (Å²) in [6.45, 7) is 2.05. The first-order chi connectivity index (χ1) is 5.74. The third kappa shape index (κ3) is 2.57. The van der Waals surface area contributed by atoms with E-state index >= 15 is 0 Å². The molecule has 0 aromatic carbocycles. The van der Waals surface area contributed by atoms with Gasteiger partial charge >= 0.3 is 0 Å². The first-order valence-electron chi connectivity index (χ1n) is 3.63. The highest BCUT2D eigenvalue weighted by atomic mass is 127. The first-order valence-corrected chi connectivity index (χ1v) is 4.71. The van der Waals surface area contributed by atoms with Crippen molar-refractivity contribution in [2.24, 2.45) is 0 Å². The lowest BCUT2D eigenvalue weighted by molar-refractivity contribution is 0.343. The van der Waals surface area contributed by atoms with E-state index in [1.165, 1.54) is 0 Å². The number of hydrogen-bond acceptors (Lipinski definition) is 2. The van der Waals surface area contributed by atoms with Crippen molar-refractivity contribution in [3.63, 3.8) is 0 Å². The molecule has 12 heavy (non-hydrogen) atoms. The number of hydrogen-bond donors (Lipinski definition) is 1. The van der Waals surface area contributed by atoms with Crippen LogP contribution in [0, 0.1) is 10.5 Å². The van der Waals surface area contributed by atoms with Crippen molar-refractivity contribution in [1.29, 1.82) is 0 Å². The molecule has 64 valence electrons. The summed E-state index contributed by atoms with van der Waals surface area (Å²) in [5.41, 5.74) is 2.07. The van der Waals surface area contributed by atoms with E-state index in [9.17, 15) is 0 Å². The lowest BCUT2D eigenvalue weighted by Crippen LogP contribution is -1.86. The molecule has 0 aliphatic heterocycles. The largest absolute Gasteiger partial charge is 0.392 e. The van der Waals surface area contributed by atoms with Crippen LogP contribution in [0.4, 0.5) is 0 Å². The Balaban J connectivity index is 2.89. The van der Waals surface area contributed by atoms with Gasteiger partial charge in [0, 0.05) is 9.77 Å². The molecule has 1 aromatic heterocycles. The number of aliphatic hydroxyl groups excluding tert-OH is 1. The van der Waals surface area contributed by atoms with Gasteiger partial charge in [-0.05, 0) is 41.1 Å². The Hall–Kier alpha value is -0.420. The minimum atomic E-state index is 0.0739. The van der Waals surface area contributed by atoms with E-state index in [0.717, 1.165) is 14.8 Å². The van der Waals surface area contributed by atoms with Gasteiger partial charge in [-0.25, -0.2) is 0 Å². The van der Waals surface area contributed by atoms with Gasteiger partial charge in [-0.2, -0.15) is 0 Å². The maximum atomic E-state index is 8.54. The van der Waals surface area contributed by atoms with Crippen LogP contribution in [0.2, 0.25) is 0 Å². The van der Waals surface area contributed by atoms with Crippen molar-refractivity contribution in [3.05, 3.63) is 33.2 Å². The van der Waals surface area contributed by atoms with Crippen LogP contribution in [-0.2, 0) is 0 Å². The Morgan fingerprint density at radius 3 is 3.00 bits per heavy atom. The molecule has 0 spiro atoms. The van der Waals surface area contributed by atoms with Gasteiger partial charge in [0.25, 0.3) is 0 Å². The number of rotatable bonds is 2. The molecule has 0 saturated heterocycles. The maximum Gasteiger partial charge on any atom is 0.0615 e. The van der Waals surface area contributed by atoms with E-state index < -0.39 is 0 Å². The van der Waals surface area contributed by atoms with Gasteiger partial charge in [0.2, 0.25) is 0 Å². The summed E-state index contributed by atoms with van der Waals surface area (Å²) in [7, 11) is 0. The molecular weight excluding hydrogens is 265 g/mol. The van der Waals surface area contributed by atoms with Crippen molar-refractivity contribution >= 4 is 28.7 Å². The van der Waals surface area contributed by atoms with Gasteiger partial charge in [0.05, 0.1) is 12.3 Å². The minimum absolute atomic E-state index is 0.0739. The zero-order valence-corrected chi connectivity index (χ0v) is 8.95. The molecule has 1 rings (SSSR count). The molecule has 0 aliphatic rings. The monoisotopic (exact) mass is 275 g/mol. The Bertz CT molecular complexity index is 297. The van der Waals surface area contributed by atoms with E-state index in [1.54, 1.807) is 12.3 Å². The normalized spacial score (nSPS) is 10.9. The molecule has 0 radical (unpaired) electrons. The SMILES string of the molecule is Cc1ncc(C=CCO)cc1I. The minimum Gasteiger partial charge on any atom is -0.392 e. The summed E-state index contributed by atoms with van der Waals surface area (Å²) in [4.78, 5) is 4.19. The zero-order chi connectivity index (χ0) is 8.97. The third-order valence-electron chi connectivity index (χ3n) is 1.46. The Morgan fingerprint density at radius 1 is 1.67 bits per heavy atom. The molecule has 3 heteroatoms. The average molecular weight is 275 g/mol. The fourth-order valence-electron chi connectivity index (χ4n) is 0.801. The van der Waals surface area contributed by atoms with E-state index in [1.807, 2.05) is 19.1 Å². The highest BCUT2D eigenvalue weighted by Gasteiger charge is 1.94. The molecule has 0 amide bonds. The summed E-state index contributed by atoms with van der Waals surface area (Å²) >= 11 is 2.24. The first kappa shape index (κ1) is 9.67. The summed E-state index contributed by atoms with van der Waals surface area (Å²) in [6, 6.07) is 2.04. The number of aliphatic hydroxyl groups is 1. The molecule has 0 aliphatic carbocycles. The number of aryl methyl sites for hydroxylation is 1. The molecule has 0 bridgehead atoms. The van der Waals surface area contributed by atoms with Crippen LogP contribution >= 0.6 is 22.6 Å². The van der Waals surface area contributed by atoms with E-state index in [0.29, 0.717) is 0 Å². The molecule has 2 nitrogen and oxygen atoms in total. The van der Waals surface area contributed by atoms with Gasteiger partial charge in [0.15, 0.2) is 0 Å². The van der Waals surface area contributed by atoms with Crippen LogP contribution in [0.5, 0.6) is 0 Å².